The second kappa shape index (κ2) is 15.9. The van der Waals surface area contributed by atoms with Crippen molar-refractivity contribution in [1.82, 2.24) is 0 Å². The number of allylic oxidation sites excluding steroid dienone is 7. The fourth-order valence-electron chi connectivity index (χ4n) is 2.34. The summed E-state index contributed by atoms with van der Waals surface area (Å²) in [6.45, 7) is 3.98. The molecule has 0 spiro atoms. The van der Waals surface area contributed by atoms with Gasteiger partial charge in [-0.15, -0.1) is 0 Å². The number of esters is 1. The van der Waals surface area contributed by atoms with Crippen LogP contribution in [0.15, 0.2) is 48.6 Å². The molecule has 142 valence electrons. The molecule has 3 nitrogen and oxygen atoms in total. The van der Waals surface area contributed by atoms with E-state index in [-0.39, 0.29) is 5.97 Å². The van der Waals surface area contributed by atoms with Gasteiger partial charge in [0.15, 0.2) is 0 Å². The van der Waals surface area contributed by atoms with Crippen LogP contribution in [0.25, 0.3) is 0 Å². The van der Waals surface area contributed by atoms with Gasteiger partial charge >= 0.3 is 5.97 Å². The summed E-state index contributed by atoms with van der Waals surface area (Å²) in [5.74, 6) is -0.237. The largest absolute Gasteiger partial charge is 0.469 e. The Hall–Kier alpha value is -1.61. The second-order valence-electron chi connectivity index (χ2n) is 6.55. The molecule has 0 saturated heterocycles. The van der Waals surface area contributed by atoms with Crippen molar-refractivity contribution in [1.29, 1.82) is 0 Å². The van der Waals surface area contributed by atoms with Gasteiger partial charge in [0.25, 0.3) is 0 Å². The normalized spacial score (nSPS) is 14.9. The van der Waals surface area contributed by atoms with Crippen molar-refractivity contribution in [3.8, 4) is 0 Å². The summed E-state index contributed by atoms with van der Waals surface area (Å²) >= 11 is 0. The number of aliphatic hydroxyl groups is 1. The van der Waals surface area contributed by atoms with E-state index in [2.05, 4.69) is 23.8 Å². The number of hydrogen-bond donors (Lipinski definition) is 1. The Kier molecular flexibility index (Phi) is 14.9. The maximum absolute atomic E-state index is 11.0. The molecule has 0 aromatic rings. The first-order chi connectivity index (χ1) is 12.0. The molecule has 0 aliphatic rings. The molecule has 1 unspecified atom stereocenters. The molecule has 1 N–H and O–H groups in total. The van der Waals surface area contributed by atoms with Crippen LogP contribution in [0.2, 0.25) is 0 Å². The first-order valence-electron chi connectivity index (χ1n) is 9.48. The molecule has 0 radical (unpaired) electrons. The summed E-state index contributed by atoms with van der Waals surface area (Å²) < 4.78 is 4.58. The van der Waals surface area contributed by atoms with Gasteiger partial charge in [-0.3, -0.25) is 4.79 Å². The van der Waals surface area contributed by atoms with Crippen LogP contribution in [-0.4, -0.2) is 23.8 Å². The van der Waals surface area contributed by atoms with E-state index in [1.807, 2.05) is 30.4 Å². The summed E-state index contributed by atoms with van der Waals surface area (Å²) in [7, 11) is 1.38. The van der Waals surface area contributed by atoms with Crippen LogP contribution < -0.4 is 0 Å². The lowest BCUT2D eigenvalue weighted by Gasteiger charge is -2.17. The fraction of sp³-hybridized carbons (Fsp3) is 0.591. The molecule has 0 aromatic heterocycles. The molecule has 0 bridgehead atoms. The Morgan fingerprint density at radius 3 is 2.28 bits per heavy atom. The summed E-state index contributed by atoms with van der Waals surface area (Å²) in [5.41, 5.74) is -0.903. The standard InChI is InChI=1S/C22H36O3/c1-4-5-6-7-8-9-10-11-12-13-14-15-16-19-22(2,24)20-17-18-21(23)25-3/h10-16,19,24H,4-9,17-18,20H2,1-3H3/b11-10+,13-12+,15-14-,19-16+. The third-order valence-electron chi connectivity index (χ3n) is 3.91. The van der Waals surface area contributed by atoms with Crippen molar-refractivity contribution in [2.45, 2.75) is 77.2 Å². The van der Waals surface area contributed by atoms with Crippen LogP contribution in [-0.2, 0) is 9.53 Å². The number of hydrogen-bond acceptors (Lipinski definition) is 3. The summed E-state index contributed by atoms with van der Waals surface area (Å²) in [6, 6.07) is 0. The van der Waals surface area contributed by atoms with Gasteiger partial charge in [-0.1, -0.05) is 81.2 Å². The van der Waals surface area contributed by atoms with E-state index in [4.69, 9.17) is 0 Å². The van der Waals surface area contributed by atoms with Crippen LogP contribution in [0.3, 0.4) is 0 Å². The zero-order chi connectivity index (χ0) is 18.8. The van der Waals surface area contributed by atoms with E-state index in [9.17, 15) is 9.90 Å². The Labute approximate surface area is 154 Å². The number of carbonyl (C=O) groups is 1. The van der Waals surface area contributed by atoms with E-state index in [0.717, 1.165) is 6.42 Å². The Morgan fingerprint density at radius 2 is 1.60 bits per heavy atom. The molecule has 0 amide bonds. The monoisotopic (exact) mass is 348 g/mol. The highest BCUT2D eigenvalue weighted by Crippen LogP contribution is 2.15. The molecule has 0 saturated carbocycles. The van der Waals surface area contributed by atoms with Gasteiger partial charge in [0.1, 0.15) is 0 Å². The Balaban J connectivity index is 3.86. The maximum Gasteiger partial charge on any atom is 0.305 e. The van der Waals surface area contributed by atoms with Crippen molar-refractivity contribution < 1.29 is 14.6 Å². The van der Waals surface area contributed by atoms with Crippen molar-refractivity contribution in [2.75, 3.05) is 7.11 Å². The predicted molar refractivity (Wildman–Crippen MR) is 106 cm³/mol. The molecule has 0 aliphatic heterocycles. The number of rotatable bonds is 14. The first kappa shape index (κ1) is 23.4. The van der Waals surface area contributed by atoms with Crippen molar-refractivity contribution in [3.63, 3.8) is 0 Å². The minimum Gasteiger partial charge on any atom is -0.469 e. The molecular formula is C22H36O3. The highest BCUT2D eigenvalue weighted by Gasteiger charge is 2.16. The molecule has 0 aromatic carbocycles. The summed E-state index contributed by atoms with van der Waals surface area (Å²) in [6.07, 6.45) is 24.9. The number of methoxy groups -OCH3 is 1. The van der Waals surface area contributed by atoms with Gasteiger partial charge in [-0.25, -0.2) is 0 Å². The lowest BCUT2D eigenvalue weighted by Crippen LogP contribution is -2.20. The quantitative estimate of drug-likeness (QED) is 0.250. The topological polar surface area (TPSA) is 46.5 Å². The van der Waals surface area contributed by atoms with Crippen LogP contribution >= 0.6 is 0 Å². The molecule has 25 heavy (non-hydrogen) atoms. The molecule has 0 aliphatic carbocycles. The highest BCUT2D eigenvalue weighted by molar-refractivity contribution is 5.69. The predicted octanol–water partition coefficient (Wildman–Crippen LogP) is 5.67. The van der Waals surface area contributed by atoms with E-state index >= 15 is 0 Å². The third-order valence-corrected chi connectivity index (χ3v) is 3.91. The minimum atomic E-state index is -0.903. The van der Waals surface area contributed by atoms with Crippen LogP contribution in [0.1, 0.15) is 71.6 Å². The highest BCUT2D eigenvalue weighted by atomic mass is 16.5. The minimum absolute atomic E-state index is 0.237. The van der Waals surface area contributed by atoms with Gasteiger partial charge < -0.3 is 9.84 Å². The van der Waals surface area contributed by atoms with Crippen molar-refractivity contribution in [2.24, 2.45) is 0 Å². The molecule has 3 heteroatoms. The maximum atomic E-state index is 11.0. The van der Waals surface area contributed by atoms with Crippen LogP contribution in [0.5, 0.6) is 0 Å². The van der Waals surface area contributed by atoms with E-state index in [0.29, 0.717) is 19.3 Å². The third kappa shape index (κ3) is 17.0. The van der Waals surface area contributed by atoms with Crippen LogP contribution in [0.4, 0.5) is 0 Å². The number of carbonyl (C=O) groups excluding carboxylic acids is 1. The SMILES string of the molecule is CCCCCCC/C=C/C=C/C=C\C=C\C(C)(O)CCCC(=O)OC. The lowest BCUT2D eigenvalue weighted by atomic mass is 9.98. The molecule has 0 fully saturated rings. The second-order valence-corrected chi connectivity index (χ2v) is 6.55. The zero-order valence-corrected chi connectivity index (χ0v) is 16.2. The average Bonchev–Trinajstić information content (AvgIpc) is 2.58. The summed E-state index contributed by atoms with van der Waals surface area (Å²) in [4.78, 5) is 11.0. The van der Waals surface area contributed by atoms with Gasteiger partial charge in [0.05, 0.1) is 12.7 Å². The smallest absolute Gasteiger partial charge is 0.305 e. The first-order valence-corrected chi connectivity index (χ1v) is 9.48. The Morgan fingerprint density at radius 1 is 0.960 bits per heavy atom. The van der Waals surface area contributed by atoms with E-state index < -0.39 is 5.60 Å². The van der Waals surface area contributed by atoms with Crippen molar-refractivity contribution in [3.05, 3.63) is 48.6 Å². The molecule has 0 rings (SSSR count). The van der Waals surface area contributed by atoms with Crippen molar-refractivity contribution >= 4 is 5.97 Å². The average molecular weight is 349 g/mol. The van der Waals surface area contributed by atoms with Crippen LogP contribution in [0, 0.1) is 0 Å². The summed E-state index contributed by atoms with van der Waals surface area (Å²) in [5, 5.41) is 10.2. The lowest BCUT2D eigenvalue weighted by molar-refractivity contribution is -0.140. The van der Waals surface area contributed by atoms with Gasteiger partial charge in [-0.2, -0.15) is 0 Å². The van der Waals surface area contributed by atoms with E-state index in [1.165, 1.54) is 39.2 Å². The molecule has 1 atom stereocenters. The van der Waals surface area contributed by atoms with Gasteiger partial charge in [-0.05, 0) is 32.6 Å². The zero-order valence-electron chi connectivity index (χ0n) is 16.2. The Bertz CT molecular complexity index is 442. The van der Waals surface area contributed by atoms with Gasteiger partial charge in [0, 0.05) is 6.42 Å². The number of ether oxygens (including phenoxy) is 1. The van der Waals surface area contributed by atoms with E-state index in [1.54, 1.807) is 13.0 Å². The molecule has 0 heterocycles. The fourth-order valence-corrected chi connectivity index (χ4v) is 2.34. The number of unbranched alkanes of at least 4 members (excludes halogenated alkanes) is 5. The van der Waals surface area contributed by atoms with Gasteiger partial charge in [0.2, 0.25) is 0 Å². The molecular weight excluding hydrogens is 312 g/mol.